The van der Waals surface area contributed by atoms with Crippen LogP contribution in [0.3, 0.4) is 0 Å². The Kier molecular flexibility index (Phi) is 4.83. The lowest BCUT2D eigenvalue weighted by Crippen LogP contribution is -2.13. The largest absolute Gasteiger partial charge is 0.457 e. The van der Waals surface area contributed by atoms with Crippen molar-refractivity contribution >= 4 is 38.9 Å². The van der Waals surface area contributed by atoms with Crippen LogP contribution in [0.2, 0.25) is 0 Å². The van der Waals surface area contributed by atoms with Gasteiger partial charge in [-0.25, -0.2) is 0 Å². The van der Waals surface area contributed by atoms with E-state index in [1.807, 2.05) is 43.3 Å². The van der Waals surface area contributed by atoms with Crippen LogP contribution in [-0.2, 0) is 6.42 Å². The number of fused-ring (bicyclic) bond motifs is 5. The molecule has 1 aliphatic rings. The van der Waals surface area contributed by atoms with Gasteiger partial charge in [-0.2, -0.15) is 0 Å². The van der Waals surface area contributed by atoms with Crippen molar-refractivity contribution in [1.29, 1.82) is 0 Å². The Labute approximate surface area is 214 Å². The summed E-state index contributed by atoms with van der Waals surface area (Å²) in [5.41, 5.74) is 6.68. The zero-order chi connectivity index (χ0) is 25.1. The zero-order valence-electron chi connectivity index (χ0n) is 20.7. The molecule has 0 radical (unpaired) electrons. The van der Waals surface area contributed by atoms with Gasteiger partial charge < -0.3 is 13.7 Å². The van der Waals surface area contributed by atoms with Crippen molar-refractivity contribution < 1.29 is 9.15 Å². The summed E-state index contributed by atoms with van der Waals surface area (Å²) in [6.45, 7) is 4.07. The summed E-state index contributed by atoms with van der Waals surface area (Å²) in [4.78, 5) is 13.3. The van der Waals surface area contributed by atoms with Gasteiger partial charge in [0.2, 0.25) is 0 Å². The minimum atomic E-state index is 0.0289. The molecule has 1 aliphatic carbocycles. The van der Waals surface area contributed by atoms with Crippen molar-refractivity contribution in [1.82, 2.24) is 4.57 Å². The first-order chi connectivity index (χ1) is 18.1. The van der Waals surface area contributed by atoms with E-state index in [0.717, 1.165) is 45.6 Å². The Bertz CT molecular complexity index is 1900. The molecule has 180 valence electrons. The number of nitrogens with zero attached hydrogens (tertiary/aromatic N) is 1. The molecule has 0 amide bonds. The Morgan fingerprint density at radius 3 is 2.30 bits per heavy atom. The molecule has 0 saturated carbocycles. The van der Waals surface area contributed by atoms with E-state index in [1.54, 1.807) is 0 Å². The second-order valence-corrected chi connectivity index (χ2v) is 9.70. The van der Waals surface area contributed by atoms with Crippen molar-refractivity contribution in [2.45, 2.75) is 26.7 Å². The van der Waals surface area contributed by atoms with E-state index < -0.39 is 0 Å². The molecule has 0 N–H and O–H groups in total. The maximum atomic E-state index is 13.3. The molecule has 4 heteroatoms. The Balaban J connectivity index is 1.37. The standard InChI is InChI=1S/C33H25NO3/c1-20-18-32-25(33(35)24-12-5-8-16-30(24)37-32)19-31(20)36-29-17-9-15-26(21(29)2)34-27-13-6-3-10-22(27)23-11-4-7-14-28(23)34/h3-4,6-11,13-19H,5,12H2,1-2H3. The average molecular weight is 484 g/mol. The van der Waals surface area contributed by atoms with E-state index >= 15 is 0 Å². The zero-order valence-corrected chi connectivity index (χ0v) is 20.7. The molecule has 4 aromatic carbocycles. The van der Waals surface area contributed by atoms with E-state index in [2.05, 4.69) is 66.1 Å². The second kappa shape index (κ2) is 8.24. The molecule has 0 spiro atoms. The summed E-state index contributed by atoms with van der Waals surface area (Å²) < 4.78 is 14.9. The van der Waals surface area contributed by atoms with E-state index in [9.17, 15) is 4.79 Å². The Morgan fingerprint density at radius 1 is 0.811 bits per heavy atom. The predicted octanol–water partition coefficient (Wildman–Crippen LogP) is 8.26. The number of ether oxygens (including phenoxy) is 1. The van der Waals surface area contributed by atoms with Crippen LogP contribution in [0, 0.1) is 13.8 Å². The maximum Gasteiger partial charge on any atom is 0.196 e. The molecule has 0 bridgehead atoms. The van der Waals surface area contributed by atoms with Gasteiger partial charge in [0.15, 0.2) is 5.43 Å². The first-order valence-electron chi connectivity index (χ1n) is 12.6. The van der Waals surface area contributed by atoms with Crippen LogP contribution in [-0.4, -0.2) is 4.57 Å². The Morgan fingerprint density at radius 2 is 1.54 bits per heavy atom. The molecular weight excluding hydrogens is 458 g/mol. The molecule has 0 aliphatic heterocycles. The number of rotatable bonds is 3. The maximum absolute atomic E-state index is 13.3. The molecular formula is C33H25NO3. The highest BCUT2D eigenvalue weighted by Gasteiger charge is 2.18. The number of hydrogen-bond donors (Lipinski definition) is 0. The van der Waals surface area contributed by atoms with Crippen LogP contribution in [0.15, 0.2) is 94.2 Å². The van der Waals surface area contributed by atoms with Gasteiger partial charge in [0.05, 0.1) is 22.1 Å². The lowest BCUT2D eigenvalue weighted by atomic mass is 10.0. The highest BCUT2D eigenvalue weighted by Crippen LogP contribution is 2.37. The summed E-state index contributed by atoms with van der Waals surface area (Å²) in [5.74, 6) is 2.09. The molecule has 2 aromatic heterocycles. The third kappa shape index (κ3) is 3.33. The van der Waals surface area contributed by atoms with Crippen molar-refractivity contribution in [3.8, 4) is 17.2 Å². The van der Waals surface area contributed by atoms with Gasteiger partial charge in [0.25, 0.3) is 0 Å². The highest BCUT2D eigenvalue weighted by atomic mass is 16.5. The van der Waals surface area contributed by atoms with Crippen LogP contribution >= 0.6 is 0 Å². The van der Waals surface area contributed by atoms with Crippen LogP contribution in [0.1, 0.15) is 28.9 Å². The topological polar surface area (TPSA) is 44.4 Å². The van der Waals surface area contributed by atoms with Gasteiger partial charge in [-0.1, -0.05) is 48.5 Å². The molecule has 0 unspecified atom stereocenters. The normalized spacial score (nSPS) is 12.9. The molecule has 6 aromatic rings. The molecule has 0 saturated heterocycles. The summed E-state index contributed by atoms with van der Waals surface area (Å²) in [6, 6.07) is 26.8. The average Bonchev–Trinajstić information content (AvgIpc) is 3.25. The molecule has 37 heavy (non-hydrogen) atoms. The second-order valence-electron chi connectivity index (χ2n) is 9.70. The predicted molar refractivity (Wildman–Crippen MR) is 150 cm³/mol. The van der Waals surface area contributed by atoms with Crippen LogP contribution < -0.4 is 10.2 Å². The number of aromatic nitrogens is 1. The van der Waals surface area contributed by atoms with Gasteiger partial charge in [-0.3, -0.25) is 4.79 Å². The molecule has 7 rings (SSSR count). The number of aryl methyl sites for hydroxylation is 1. The first-order valence-corrected chi connectivity index (χ1v) is 12.6. The Hall–Kier alpha value is -4.57. The fraction of sp³-hybridized carbons (Fsp3) is 0.121. The summed E-state index contributed by atoms with van der Waals surface area (Å²) >= 11 is 0. The SMILES string of the molecule is Cc1cc2oc3c(c(=O)c2cc1Oc1cccc(-n2c4ccccc4c4ccccc42)c1C)CCC=C3. The summed E-state index contributed by atoms with van der Waals surface area (Å²) in [5, 5.41) is 3.00. The molecule has 4 nitrogen and oxygen atoms in total. The van der Waals surface area contributed by atoms with E-state index in [0.29, 0.717) is 28.9 Å². The molecule has 2 heterocycles. The summed E-state index contributed by atoms with van der Waals surface area (Å²) in [6.07, 6.45) is 5.51. The van der Waals surface area contributed by atoms with Crippen molar-refractivity contribution in [2.24, 2.45) is 0 Å². The van der Waals surface area contributed by atoms with Crippen molar-refractivity contribution in [3.05, 3.63) is 118 Å². The van der Waals surface area contributed by atoms with Gasteiger partial charge in [0, 0.05) is 21.9 Å². The lowest BCUT2D eigenvalue weighted by Gasteiger charge is -2.17. The van der Waals surface area contributed by atoms with Crippen LogP contribution in [0.5, 0.6) is 11.5 Å². The quantitative estimate of drug-likeness (QED) is 0.254. The summed E-state index contributed by atoms with van der Waals surface area (Å²) in [7, 11) is 0. The third-order valence-electron chi connectivity index (χ3n) is 7.44. The van der Waals surface area contributed by atoms with Crippen LogP contribution in [0.25, 0.3) is 44.5 Å². The number of hydrogen-bond acceptors (Lipinski definition) is 3. The number of allylic oxidation sites excluding steroid dienone is 1. The lowest BCUT2D eigenvalue weighted by molar-refractivity contribution is 0.475. The van der Waals surface area contributed by atoms with Gasteiger partial charge in [-0.05, 0) is 74.7 Å². The minimum absolute atomic E-state index is 0.0289. The van der Waals surface area contributed by atoms with Crippen molar-refractivity contribution in [3.63, 3.8) is 0 Å². The fourth-order valence-corrected chi connectivity index (χ4v) is 5.53. The minimum Gasteiger partial charge on any atom is -0.457 e. The number of benzene rings is 4. The fourth-order valence-electron chi connectivity index (χ4n) is 5.53. The van der Waals surface area contributed by atoms with Gasteiger partial charge in [-0.15, -0.1) is 0 Å². The van der Waals surface area contributed by atoms with Gasteiger partial charge in [0.1, 0.15) is 22.8 Å². The molecule has 0 fully saturated rings. The smallest absolute Gasteiger partial charge is 0.196 e. The third-order valence-corrected chi connectivity index (χ3v) is 7.44. The molecule has 0 atom stereocenters. The first kappa shape index (κ1) is 21.7. The highest BCUT2D eigenvalue weighted by molar-refractivity contribution is 6.09. The van der Waals surface area contributed by atoms with E-state index in [-0.39, 0.29) is 5.43 Å². The van der Waals surface area contributed by atoms with Crippen LogP contribution in [0.4, 0.5) is 0 Å². The van der Waals surface area contributed by atoms with Gasteiger partial charge >= 0.3 is 0 Å². The van der Waals surface area contributed by atoms with Crippen molar-refractivity contribution in [2.75, 3.05) is 0 Å². The van der Waals surface area contributed by atoms with E-state index in [1.165, 1.54) is 10.8 Å². The number of para-hydroxylation sites is 2. The van der Waals surface area contributed by atoms with E-state index in [4.69, 9.17) is 9.15 Å². The monoisotopic (exact) mass is 483 g/mol.